The van der Waals surface area contributed by atoms with Crippen LogP contribution in [0.1, 0.15) is 30.1 Å². The highest BCUT2D eigenvalue weighted by Gasteiger charge is 2.28. The molecule has 4 heterocycles. The van der Waals surface area contributed by atoms with Gasteiger partial charge in [-0.05, 0) is 43.0 Å². The van der Waals surface area contributed by atoms with Gasteiger partial charge in [0.2, 0.25) is 0 Å². The fourth-order valence-electron chi connectivity index (χ4n) is 3.66. The zero-order chi connectivity index (χ0) is 16.4. The molecule has 6 heteroatoms. The molecular formula is C18H22N6. The van der Waals surface area contributed by atoms with Crippen LogP contribution in [0.2, 0.25) is 0 Å². The summed E-state index contributed by atoms with van der Waals surface area (Å²) in [6.07, 6.45) is 9.56. The molecule has 3 aromatic rings. The van der Waals surface area contributed by atoms with E-state index in [1.165, 1.54) is 12.0 Å². The number of likely N-dealkylation sites (tertiary alicyclic amines) is 1. The highest BCUT2D eigenvalue weighted by Crippen LogP contribution is 2.30. The maximum atomic E-state index is 6.61. The highest BCUT2D eigenvalue weighted by atomic mass is 15.1. The third-order valence-electron chi connectivity index (χ3n) is 4.88. The molecule has 6 nitrogen and oxygen atoms in total. The molecule has 24 heavy (non-hydrogen) atoms. The Balaban J connectivity index is 1.50. The van der Waals surface area contributed by atoms with E-state index in [1.54, 1.807) is 6.33 Å². The molecule has 0 aliphatic carbocycles. The van der Waals surface area contributed by atoms with Gasteiger partial charge in [-0.3, -0.25) is 9.88 Å². The summed E-state index contributed by atoms with van der Waals surface area (Å²) in [4.78, 5) is 18.6. The van der Waals surface area contributed by atoms with E-state index in [0.29, 0.717) is 5.92 Å². The average Bonchev–Trinajstić information content (AvgIpc) is 3.11. The molecule has 2 atom stereocenters. The van der Waals surface area contributed by atoms with Crippen molar-refractivity contribution in [2.75, 3.05) is 13.1 Å². The van der Waals surface area contributed by atoms with E-state index in [2.05, 4.69) is 30.9 Å². The van der Waals surface area contributed by atoms with Gasteiger partial charge >= 0.3 is 0 Å². The van der Waals surface area contributed by atoms with Crippen LogP contribution in [0.15, 0.2) is 43.1 Å². The molecule has 0 aromatic carbocycles. The summed E-state index contributed by atoms with van der Waals surface area (Å²) in [5.41, 5.74) is 9.67. The number of aromatic nitrogens is 4. The molecule has 2 unspecified atom stereocenters. The van der Waals surface area contributed by atoms with Crippen LogP contribution < -0.4 is 5.73 Å². The number of fused-ring (bicyclic) bond motifs is 1. The lowest BCUT2D eigenvalue weighted by atomic mass is 9.88. The maximum absolute atomic E-state index is 6.61. The Bertz CT molecular complexity index is 799. The Morgan fingerprint density at radius 2 is 2.29 bits per heavy atom. The lowest BCUT2D eigenvalue weighted by molar-refractivity contribution is 0.150. The van der Waals surface area contributed by atoms with Crippen molar-refractivity contribution in [3.63, 3.8) is 0 Å². The van der Waals surface area contributed by atoms with Gasteiger partial charge in [-0.2, -0.15) is 0 Å². The van der Waals surface area contributed by atoms with E-state index in [0.717, 1.165) is 42.8 Å². The number of hydrogen-bond donors (Lipinski definition) is 2. The number of aromatic amines is 1. The fraction of sp³-hybridized carbons (Fsp3) is 0.389. The van der Waals surface area contributed by atoms with Gasteiger partial charge in [-0.1, -0.05) is 6.07 Å². The van der Waals surface area contributed by atoms with Crippen LogP contribution >= 0.6 is 0 Å². The van der Waals surface area contributed by atoms with E-state index in [9.17, 15) is 0 Å². The molecule has 0 bridgehead atoms. The van der Waals surface area contributed by atoms with Crippen molar-refractivity contribution in [2.24, 2.45) is 11.7 Å². The monoisotopic (exact) mass is 322 g/mol. The molecular weight excluding hydrogens is 300 g/mol. The van der Waals surface area contributed by atoms with Gasteiger partial charge in [0.15, 0.2) is 0 Å². The first-order valence-corrected chi connectivity index (χ1v) is 8.46. The van der Waals surface area contributed by atoms with Crippen LogP contribution in [0.3, 0.4) is 0 Å². The lowest BCUT2D eigenvalue weighted by Crippen LogP contribution is -2.39. The van der Waals surface area contributed by atoms with Crippen molar-refractivity contribution in [3.05, 3.63) is 54.4 Å². The second kappa shape index (κ2) is 6.67. The number of nitrogens with two attached hydrogens (primary N) is 1. The van der Waals surface area contributed by atoms with Crippen molar-refractivity contribution in [2.45, 2.75) is 25.4 Å². The normalized spacial score (nSPS) is 20.3. The second-order valence-corrected chi connectivity index (χ2v) is 6.52. The second-order valence-electron chi connectivity index (χ2n) is 6.52. The summed E-state index contributed by atoms with van der Waals surface area (Å²) in [5.74, 6) is 0.406. The molecule has 0 saturated carbocycles. The standard InChI is InChI=1S/C18H22N6/c19-16(17-15-5-7-21-18(15)23-12-22-17)14-4-2-8-24(11-14)10-13-3-1-6-20-9-13/h1,3,5-7,9,12,14,16H,2,4,8,10-11,19H2,(H,21,22,23). The van der Waals surface area contributed by atoms with Gasteiger partial charge in [0.05, 0.1) is 11.7 Å². The van der Waals surface area contributed by atoms with Crippen LogP contribution in [-0.2, 0) is 6.54 Å². The first-order valence-electron chi connectivity index (χ1n) is 8.46. The summed E-state index contributed by atoms with van der Waals surface area (Å²) >= 11 is 0. The predicted molar refractivity (Wildman–Crippen MR) is 93.1 cm³/mol. The minimum atomic E-state index is -0.0667. The van der Waals surface area contributed by atoms with Crippen LogP contribution in [0.25, 0.3) is 11.0 Å². The molecule has 0 amide bonds. The SMILES string of the molecule is NC(c1ncnc2[nH]ccc12)C1CCCN(Cc2cccnc2)C1. The Morgan fingerprint density at radius 3 is 3.17 bits per heavy atom. The first kappa shape index (κ1) is 15.2. The van der Waals surface area contributed by atoms with Gasteiger partial charge in [-0.25, -0.2) is 9.97 Å². The summed E-state index contributed by atoms with van der Waals surface area (Å²) in [6.45, 7) is 3.04. The minimum Gasteiger partial charge on any atom is -0.346 e. The molecule has 0 radical (unpaired) electrons. The molecule has 1 aliphatic heterocycles. The highest BCUT2D eigenvalue weighted by molar-refractivity contribution is 5.78. The van der Waals surface area contributed by atoms with E-state index in [-0.39, 0.29) is 6.04 Å². The van der Waals surface area contributed by atoms with Crippen LogP contribution in [0, 0.1) is 5.92 Å². The molecule has 4 rings (SSSR count). The van der Waals surface area contributed by atoms with Crippen molar-refractivity contribution >= 4 is 11.0 Å². The fourth-order valence-corrected chi connectivity index (χ4v) is 3.66. The summed E-state index contributed by atoms with van der Waals surface area (Å²) in [6, 6.07) is 6.07. The molecule has 1 saturated heterocycles. The van der Waals surface area contributed by atoms with Gasteiger partial charge < -0.3 is 10.7 Å². The number of nitrogens with zero attached hydrogens (tertiary/aromatic N) is 4. The van der Waals surface area contributed by atoms with E-state index >= 15 is 0 Å². The van der Waals surface area contributed by atoms with Crippen molar-refractivity contribution < 1.29 is 0 Å². The zero-order valence-electron chi connectivity index (χ0n) is 13.6. The van der Waals surface area contributed by atoms with Crippen LogP contribution in [0.5, 0.6) is 0 Å². The molecule has 3 aromatic heterocycles. The predicted octanol–water partition coefficient (Wildman–Crippen LogP) is 2.26. The van der Waals surface area contributed by atoms with Gasteiger partial charge in [-0.15, -0.1) is 0 Å². The van der Waals surface area contributed by atoms with Crippen molar-refractivity contribution in [1.29, 1.82) is 0 Å². The zero-order valence-corrected chi connectivity index (χ0v) is 13.6. The van der Waals surface area contributed by atoms with Crippen molar-refractivity contribution in [3.8, 4) is 0 Å². The van der Waals surface area contributed by atoms with Crippen LogP contribution in [-0.4, -0.2) is 37.9 Å². The smallest absolute Gasteiger partial charge is 0.141 e. The van der Waals surface area contributed by atoms with Crippen molar-refractivity contribution in [1.82, 2.24) is 24.8 Å². The molecule has 1 aliphatic rings. The quantitative estimate of drug-likeness (QED) is 0.770. The van der Waals surface area contributed by atoms with E-state index < -0.39 is 0 Å². The number of nitrogens with one attached hydrogen (secondary N) is 1. The number of piperidine rings is 1. The molecule has 3 N–H and O–H groups in total. The van der Waals surface area contributed by atoms with Crippen LogP contribution in [0.4, 0.5) is 0 Å². The largest absolute Gasteiger partial charge is 0.346 e. The average molecular weight is 322 g/mol. The minimum absolute atomic E-state index is 0.0667. The number of H-pyrrole nitrogens is 1. The topological polar surface area (TPSA) is 83.7 Å². The Kier molecular flexibility index (Phi) is 4.23. The maximum Gasteiger partial charge on any atom is 0.141 e. The summed E-state index contributed by atoms with van der Waals surface area (Å²) in [5, 5.41) is 1.04. The van der Waals surface area contributed by atoms with E-state index in [1.807, 2.05) is 30.7 Å². The Morgan fingerprint density at radius 1 is 1.33 bits per heavy atom. The molecule has 124 valence electrons. The lowest BCUT2D eigenvalue weighted by Gasteiger charge is -2.35. The van der Waals surface area contributed by atoms with Gasteiger partial charge in [0, 0.05) is 37.1 Å². The first-order chi connectivity index (χ1) is 11.8. The Labute approximate surface area is 141 Å². The summed E-state index contributed by atoms with van der Waals surface area (Å²) < 4.78 is 0. The third-order valence-corrected chi connectivity index (χ3v) is 4.88. The molecule has 0 spiro atoms. The Hall–Kier alpha value is -2.31. The number of hydrogen-bond acceptors (Lipinski definition) is 5. The summed E-state index contributed by atoms with van der Waals surface area (Å²) in [7, 11) is 0. The van der Waals surface area contributed by atoms with Gasteiger partial charge in [0.1, 0.15) is 12.0 Å². The van der Waals surface area contributed by atoms with Gasteiger partial charge in [0.25, 0.3) is 0 Å². The number of pyridine rings is 1. The molecule has 1 fully saturated rings. The van der Waals surface area contributed by atoms with E-state index in [4.69, 9.17) is 5.73 Å². The third kappa shape index (κ3) is 3.02. The number of rotatable bonds is 4.